The lowest BCUT2D eigenvalue weighted by atomic mass is 10.1. The van der Waals surface area contributed by atoms with E-state index in [4.69, 9.17) is 4.74 Å². The number of hydrogen-bond acceptors (Lipinski definition) is 4. The molecule has 1 N–H and O–H groups in total. The number of anilines is 1. The maximum Gasteiger partial charge on any atom is 0.193 e. The van der Waals surface area contributed by atoms with Crippen molar-refractivity contribution in [3.63, 3.8) is 0 Å². The molecular formula is C20H31IN6O. The smallest absolute Gasteiger partial charge is 0.193 e. The molecule has 0 radical (unpaired) electrons. The SMILES string of the molecule is CN=C(NCCCN(C)c1ccccc1)N1CCOC(c2cnn(C)c2)C1.I. The molecule has 1 fully saturated rings. The van der Waals surface area contributed by atoms with Crippen LogP contribution >= 0.6 is 24.0 Å². The average Bonchev–Trinajstić information content (AvgIpc) is 3.15. The van der Waals surface area contributed by atoms with Gasteiger partial charge in [0.25, 0.3) is 0 Å². The zero-order valence-electron chi connectivity index (χ0n) is 16.9. The molecular weight excluding hydrogens is 467 g/mol. The van der Waals surface area contributed by atoms with Crippen molar-refractivity contribution in [2.45, 2.75) is 12.5 Å². The molecule has 2 aromatic rings. The summed E-state index contributed by atoms with van der Waals surface area (Å²) in [4.78, 5) is 9.00. The Morgan fingerprint density at radius 1 is 1.36 bits per heavy atom. The fourth-order valence-electron chi connectivity index (χ4n) is 3.31. The zero-order valence-corrected chi connectivity index (χ0v) is 19.2. The van der Waals surface area contributed by atoms with E-state index in [0.717, 1.165) is 44.1 Å². The monoisotopic (exact) mass is 498 g/mol. The quantitative estimate of drug-likeness (QED) is 0.287. The largest absolute Gasteiger partial charge is 0.375 e. The van der Waals surface area contributed by atoms with Gasteiger partial charge in [-0.05, 0) is 18.6 Å². The normalized spacial score (nSPS) is 17.2. The van der Waals surface area contributed by atoms with Crippen molar-refractivity contribution >= 4 is 35.6 Å². The van der Waals surface area contributed by atoms with Gasteiger partial charge in [0.05, 0.1) is 19.3 Å². The molecule has 1 saturated heterocycles. The molecule has 1 unspecified atom stereocenters. The van der Waals surface area contributed by atoms with Crippen molar-refractivity contribution in [3.05, 3.63) is 48.3 Å². The molecule has 7 nitrogen and oxygen atoms in total. The predicted molar refractivity (Wildman–Crippen MR) is 125 cm³/mol. The van der Waals surface area contributed by atoms with Crippen LogP contribution < -0.4 is 10.2 Å². The molecule has 1 aromatic carbocycles. The molecule has 154 valence electrons. The second-order valence-electron chi connectivity index (χ2n) is 6.84. The molecule has 0 spiro atoms. The van der Waals surface area contributed by atoms with Crippen LogP contribution in [0.3, 0.4) is 0 Å². The number of aromatic nitrogens is 2. The van der Waals surface area contributed by atoms with Crippen molar-refractivity contribution in [1.82, 2.24) is 20.0 Å². The van der Waals surface area contributed by atoms with Crippen LogP contribution in [0.25, 0.3) is 0 Å². The summed E-state index contributed by atoms with van der Waals surface area (Å²) < 4.78 is 7.74. The molecule has 0 saturated carbocycles. The maximum absolute atomic E-state index is 5.92. The van der Waals surface area contributed by atoms with E-state index in [1.165, 1.54) is 5.69 Å². The van der Waals surface area contributed by atoms with Gasteiger partial charge >= 0.3 is 0 Å². The van der Waals surface area contributed by atoms with Gasteiger partial charge in [0.1, 0.15) is 6.10 Å². The topological polar surface area (TPSA) is 57.9 Å². The lowest BCUT2D eigenvalue weighted by Gasteiger charge is -2.34. The highest BCUT2D eigenvalue weighted by atomic mass is 127. The lowest BCUT2D eigenvalue weighted by molar-refractivity contribution is -0.00801. The van der Waals surface area contributed by atoms with Gasteiger partial charge in [0.15, 0.2) is 5.96 Å². The van der Waals surface area contributed by atoms with E-state index < -0.39 is 0 Å². The van der Waals surface area contributed by atoms with Gasteiger partial charge < -0.3 is 19.9 Å². The van der Waals surface area contributed by atoms with E-state index in [0.29, 0.717) is 6.61 Å². The number of aliphatic imine (C=N–C) groups is 1. The number of nitrogens with one attached hydrogen (secondary N) is 1. The van der Waals surface area contributed by atoms with E-state index >= 15 is 0 Å². The van der Waals surface area contributed by atoms with Crippen LogP contribution in [0.2, 0.25) is 0 Å². The molecule has 0 bridgehead atoms. The van der Waals surface area contributed by atoms with E-state index in [2.05, 4.69) is 56.5 Å². The van der Waals surface area contributed by atoms with Crippen molar-refractivity contribution in [3.8, 4) is 0 Å². The predicted octanol–water partition coefficient (Wildman–Crippen LogP) is 2.51. The summed E-state index contributed by atoms with van der Waals surface area (Å²) in [7, 11) is 5.90. The Morgan fingerprint density at radius 3 is 2.82 bits per heavy atom. The highest BCUT2D eigenvalue weighted by Crippen LogP contribution is 2.21. The molecule has 2 heterocycles. The summed E-state index contributed by atoms with van der Waals surface area (Å²) in [6.07, 6.45) is 4.98. The van der Waals surface area contributed by atoms with Crippen LogP contribution in [-0.2, 0) is 11.8 Å². The number of aryl methyl sites for hydroxylation is 1. The number of hydrogen-bond donors (Lipinski definition) is 1. The number of guanidine groups is 1. The summed E-state index contributed by atoms with van der Waals surface area (Å²) in [5.74, 6) is 0.939. The lowest BCUT2D eigenvalue weighted by Crippen LogP contribution is -2.48. The average molecular weight is 498 g/mol. The first kappa shape index (κ1) is 22.5. The standard InChI is InChI=1S/C20H30N6O.HI/c1-21-20(22-10-7-11-24(2)18-8-5-4-6-9-18)26-12-13-27-19(16-26)17-14-23-25(3)15-17;/h4-6,8-9,14-15,19H,7,10-13,16H2,1-3H3,(H,21,22);1H. The minimum Gasteiger partial charge on any atom is -0.375 e. The summed E-state index contributed by atoms with van der Waals surface area (Å²) >= 11 is 0. The zero-order chi connectivity index (χ0) is 19.1. The molecule has 1 atom stereocenters. The Kier molecular flexibility index (Phi) is 9.04. The van der Waals surface area contributed by atoms with Crippen molar-refractivity contribution < 1.29 is 4.74 Å². The molecule has 8 heteroatoms. The molecule has 0 amide bonds. The van der Waals surface area contributed by atoms with Crippen molar-refractivity contribution in [1.29, 1.82) is 0 Å². The molecule has 0 aliphatic carbocycles. The number of rotatable bonds is 6. The Hall–Kier alpha value is -1.81. The van der Waals surface area contributed by atoms with Gasteiger partial charge in [-0.1, -0.05) is 18.2 Å². The fraction of sp³-hybridized carbons (Fsp3) is 0.500. The number of ether oxygens (including phenoxy) is 1. The molecule has 3 rings (SSSR count). The van der Waals surface area contributed by atoms with Crippen LogP contribution in [0.1, 0.15) is 18.1 Å². The van der Waals surface area contributed by atoms with E-state index in [-0.39, 0.29) is 30.1 Å². The van der Waals surface area contributed by atoms with Crippen LogP contribution in [0.5, 0.6) is 0 Å². The fourth-order valence-corrected chi connectivity index (χ4v) is 3.31. The van der Waals surface area contributed by atoms with E-state index in [1.54, 1.807) is 0 Å². The van der Waals surface area contributed by atoms with Crippen LogP contribution in [0, 0.1) is 0 Å². The number of halogens is 1. The van der Waals surface area contributed by atoms with Gasteiger partial charge in [-0.15, -0.1) is 24.0 Å². The van der Waals surface area contributed by atoms with Gasteiger partial charge in [-0.25, -0.2) is 0 Å². The highest BCUT2D eigenvalue weighted by Gasteiger charge is 2.24. The van der Waals surface area contributed by atoms with Crippen molar-refractivity contribution in [2.24, 2.45) is 12.0 Å². The maximum atomic E-state index is 5.92. The number of morpholine rings is 1. The van der Waals surface area contributed by atoms with Gasteiger partial charge in [-0.3, -0.25) is 9.67 Å². The third-order valence-corrected chi connectivity index (χ3v) is 4.82. The number of para-hydroxylation sites is 1. The summed E-state index contributed by atoms with van der Waals surface area (Å²) in [6, 6.07) is 10.5. The summed E-state index contributed by atoms with van der Waals surface area (Å²) in [6.45, 7) is 4.21. The first-order chi connectivity index (χ1) is 13.2. The van der Waals surface area contributed by atoms with Gasteiger partial charge in [0.2, 0.25) is 0 Å². The second kappa shape index (κ2) is 11.3. The third-order valence-electron chi connectivity index (χ3n) is 4.82. The van der Waals surface area contributed by atoms with Crippen molar-refractivity contribution in [2.75, 3.05) is 51.8 Å². The van der Waals surface area contributed by atoms with E-state index in [1.807, 2.05) is 37.2 Å². The second-order valence-corrected chi connectivity index (χ2v) is 6.84. The number of benzene rings is 1. The molecule has 1 aliphatic rings. The minimum absolute atomic E-state index is 0. The highest BCUT2D eigenvalue weighted by molar-refractivity contribution is 14.0. The van der Waals surface area contributed by atoms with Crippen LogP contribution in [-0.4, -0.2) is 67.5 Å². The molecule has 1 aliphatic heterocycles. The van der Waals surface area contributed by atoms with Crippen LogP contribution in [0.4, 0.5) is 5.69 Å². The third kappa shape index (κ3) is 6.10. The Morgan fingerprint density at radius 2 is 2.14 bits per heavy atom. The Labute approximate surface area is 184 Å². The molecule has 1 aromatic heterocycles. The van der Waals surface area contributed by atoms with Gasteiger partial charge in [0, 0.05) is 58.2 Å². The Balaban J connectivity index is 0.00000280. The summed E-state index contributed by atoms with van der Waals surface area (Å²) in [5, 5.41) is 7.75. The number of nitrogens with zero attached hydrogens (tertiary/aromatic N) is 5. The van der Waals surface area contributed by atoms with E-state index in [9.17, 15) is 0 Å². The molecule has 28 heavy (non-hydrogen) atoms. The minimum atomic E-state index is 0. The Bertz CT molecular complexity index is 735. The summed E-state index contributed by atoms with van der Waals surface area (Å²) in [5.41, 5.74) is 2.36. The van der Waals surface area contributed by atoms with Gasteiger partial charge in [-0.2, -0.15) is 5.10 Å². The van der Waals surface area contributed by atoms with Crippen LogP contribution in [0.15, 0.2) is 47.7 Å². The first-order valence-electron chi connectivity index (χ1n) is 9.49. The first-order valence-corrected chi connectivity index (χ1v) is 9.49.